The van der Waals surface area contributed by atoms with E-state index < -0.39 is 5.97 Å². The molecule has 0 radical (unpaired) electrons. The number of carboxylic acid groups (broad SMARTS) is 1. The zero-order valence-electron chi connectivity index (χ0n) is 7.97. The van der Waals surface area contributed by atoms with Crippen LogP contribution in [-0.4, -0.2) is 11.1 Å². The molecule has 0 heterocycles. The van der Waals surface area contributed by atoms with Gasteiger partial charge < -0.3 is 5.11 Å². The average molecular weight is 489 g/mol. The standard InChI is InChI=1S/C10H3Br4NO2/c11-6-2-7(12)9(14)5(8(6)13)1-4(3-15)10(16)17/h1-2H,(H,16,17). The molecule has 7 heteroatoms. The summed E-state index contributed by atoms with van der Waals surface area (Å²) in [7, 11) is 0. The Labute approximate surface area is 131 Å². The number of carbonyl (C=O) groups is 1. The second-order valence-corrected chi connectivity index (χ2v) is 6.15. The number of hydrogen-bond acceptors (Lipinski definition) is 2. The van der Waals surface area contributed by atoms with Crippen LogP contribution < -0.4 is 0 Å². The lowest BCUT2D eigenvalue weighted by Gasteiger charge is -2.07. The number of carboxylic acids is 1. The molecular weight excluding hydrogens is 486 g/mol. The van der Waals surface area contributed by atoms with E-state index >= 15 is 0 Å². The van der Waals surface area contributed by atoms with Gasteiger partial charge in [0, 0.05) is 23.5 Å². The van der Waals surface area contributed by atoms with Gasteiger partial charge in [-0.2, -0.15) is 5.26 Å². The number of nitriles is 1. The monoisotopic (exact) mass is 485 g/mol. The maximum atomic E-state index is 10.8. The summed E-state index contributed by atoms with van der Waals surface area (Å²) in [5.41, 5.74) is 0.238. The van der Waals surface area contributed by atoms with Gasteiger partial charge in [0.1, 0.15) is 11.6 Å². The number of nitrogens with zero attached hydrogens (tertiary/aromatic N) is 1. The topological polar surface area (TPSA) is 61.1 Å². The first-order valence-electron chi connectivity index (χ1n) is 4.06. The van der Waals surface area contributed by atoms with Gasteiger partial charge in [0.25, 0.3) is 0 Å². The van der Waals surface area contributed by atoms with Gasteiger partial charge >= 0.3 is 5.97 Å². The predicted octanol–water partition coefficient (Wildman–Crippen LogP) is 4.73. The van der Waals surface area contributed by atoms with Gasteiger partial charge in [0.05, 0.1) is 0 Å². The van der Waals surface area contributed by atoms with Crippen LogP contribution >= 0.6 is 63.7 Å². The Morgan fingerprint density at radius 3 is 2.06 bits per heavy atom. The quantitative estimate of drug-likeness (QED) is 0.372. The van der Waals surface area contributed by atoms with Crippen LogP contribution in [0.1, 0.15) is 5.56 Å². The van der Waals surface area contributed by atoms with Gasteiger partial charge in [-0.05, 0) is 75.9 Å². The van der Waals surface area contributed by atoms with Crippen LogP contribution in [0.5, 0.6) is 0 Å². The summed E-state index contributed by atoms with van der Waals surface area (Å²) in [4.78, 5) is 10.8. The SMILES string of the molecule is N#CC(=Cc1c(Br)c(Br)cc(Br)c1Br)C(=O)O. The number of halogens is 4. The van der Waals surface area contributed by atoms with E-state index in [1.54, 1.807) is 12.1 Å². The molecule has 1 N–H and O–H groups in total. The zero-order valence-corrected chi connectivity index (χ0v) is 14.3. The Kier molecular flexibility index (Phi) is 5.38. The van der Waals surface area contributed by atoms with Gasteiger partial charge in [0.2, 0.25) is 0 Å². The normalized spacial score (nSPS) is 11.1. The van der Waals surface area contributed by atoms with Crippen molar-refractivity contribution in [1.82, 2.24) is 0 Å². The maximum absolute atomic E-state index is 10.8. The van der Waals surface area contributed by atoms with E-state index in [2.05, 4.69) is 63.7 Å². The molecule has 3 nitrogen and oxygen atoms in total. The van der Waals surface area contributed by atoms with E-state index in [4.69, 9.17) is 10.4 Å². The van der Waals surface area contributed by atoms with E-state index in [0.29, 0.717) is 14.5 Å². The highest BCUT2D eigenvalue weighted by atomic mass is 79.9. The second-order valence-electron chi connectivity index (χ2n) is 2.86. The second kappa shape index (κ2) is 6.14. The Morgan fingerprint density at radius 1 is 1.24 bits per heavy atom. The van der Waals surface area contributed by atoms with Crippen molar-refractivity contribution in [3.63, 3.8) is 0 Å². The number of hydrogen-bond donors (Lipinski definition) is 1. The molecule has 0 atom stereocenters. The molecular formula is C10H3Br4NO2. The van der Waals surface area contributed by atoms with Crippen LogP contribution in [0.2, 0.25) is 0 Å². The van der Waals surface area contributed by atoms with Gasteiger partial charge in [-0.3, -0.25) is 0 Å². The van der Waals surface area contributed by atoms with Crippen LogP contribution in [0.15, 0.2) is 29.5 Å². The van der Waals surface area contributed by atoms with Crippen LogP contribution in [-0.2, 0) is 4.79 Å². The first kappa shape index (κ1) is 14.9. The van der Waals surface area contributed by atoms with Gasteiger partial charge in [-0.25, -0.2) is 4.79 Å². The van der Waals surface area contributed by atoms with Crippen molar-refractivity contribution in [1.29, 1.82) is 5.26 Å². The predicted molar refractivity (Wildman–Crippen MR) is 78.5 cm³/mol. The molecule has 0 saturated carbocycles. The van der Waals surface area contributed by atoms with Gasteiger partial charge in [-0.1, -0.05) is 0 Å². The van der Waals surface area contributed by atoms with Gasteiger partial charge in [0.15, 0.2) is 0 Å². The van der Waals surface area contributed by atoms with E-state index in [0.717, 1.165) is 8.95 Å². The third-order valence-electron chi connectivity index (χ3n) is 1.79. The van der Waals surface area contributed by atoms with E-state index in [1.165, 1.54) is 6.08 Å². The van der Waals surface area contributed by atoms with Crippen molar-refractivity contribution in [2.75, 3.05) is 0 Å². The fourth-order valence-corrected chi connectivity index (χ4v) is 3.32. The van der Waals surface area contributed by atoms with E-state index in [-0.39, 0.29) is 5.57 Å². The Bertz CT molecular complexity index is 534. The fourth-order valence-electron chi connectivity index (χ4n) is 1.00. The molecule has 0 spiro atoms. The molecule has 0 aliphatic rings. The minimum Gasteiger partial charge on any atom is -0.477 e. The fraction of sp³-hybridized carbons (Fsp3) is 0. The van der Waals surface area contributed by atoms with Crippen LogP contribution in [0.3, 0.4) is 0 Å². The van der Waals surface area contributed by atoms with Crippen LogP contribution in [0.25, 0.3) is 6.08 Å². The summed E-state index contributed by atoms with van der Waals surface area (Å²) in [6, 6.07) is 3.44. The summed E-state index contributed by atoms with van der Waals surface area (Å²) in [6.07, 6.45) is 1.30. The highest BCUT2D eigenvalue weighted by Gasteiger charge is 2.14. The molecule has 0 aliphatic heterocycles. The summed E-state index contributed by atoms with van der Waals surface area (Å²) in [5.74, 6) is -1.26. The van der Waals surface area contributed by atoms with Crippen LogP contribution in [0, 0.1) is 11.3 Å². The molecule has 0 amide bonds. The largest absolute Gasteiger partial charge is 0.477 e. The minimum absolute atomic E-state index is 0.337. The van der Waals surface area contributed by atoms with Crippen molar-refractivity contribution in [3.8, 4) is 6.07 Å². The average Bonchev–Trinajstić information content (AvgIpc) is 2.26. The molecule has 17 heavy (non-hydrogen) atoms. The third-order valence-corrected chi connectivity index (χ3v) is 5.81. The number of rotatable bonds is 2. The lowest BCUT2D eigenvalue weighted by Crippen LogP contribution is -1.98. The summed E-state index contributed by atoms with van der Waals surface area (Å²) < 4.78 is 2.84. The smallest absolute Gasteiger partial charge is 0.346 e. The third kappa shape index (κ3) is 3.41. The zero-order chi connectivity index (χ0) is 13.2. The van der Waals surface area contributed by atoms with Crippen molar-refractivity contribution in [2.45, 2.75) is 0 Å². The molecule has 0 fully saturated rings. The molecule has 0 aromatic heterocycles. The molecule has 0 unspecified atom stereocenters. The Morgan fingerprint density at radius 2 is 1.71 bits per heavy atom. The van der Waals surface area contributed by atoms with E-state index in [9.17, 15) is 4.79 Å². The maximum Gasteiger partial charge on any atom is 0.346 e. The molecule has 0 saturated heterocycles. The van der Waals surface area contributed by atoms with Crippen molar-refractivity contribution in [2.24, 2.45) is 0 Å². The first-order chi connectivity index (χ1) is 7.88. The Hall–Kier alpha value is -0.160. The summed E-state index contributed by atoms with van der Waals surface area (Å²) >= 11 is 13.3. The van der Waals surface area contributed by atoms with Crippen LogP contribution in [0.4, 0.5) is 0 Å². The minimum atomic E-state index is -1.26. The first-order valence-corrected chi connectivity index (χ1v) is 7.23. The molecule has 1 rings (SSSR count). The van der Waals surface area contributed by atoms with Crippen molar-refractivity contribution < 1.29 is 9.90 Å². The molecule has 88 valence electrons. The molecule has 1 aromatic carbocycles. The summed E-state index contributed by atoms with van der Waals surface area (Å²) in [6.45, 7) is 0. The number of benzene rings is 1. The highest BCUT2D eigenvalue weighted by molar-refractivity contribution is 9.14. The molecule has 1 aromatic rings. The molecule has 0 bridgehead atoms. The van der Waals surface area contributed by atoms with E-state index in [1.807, 2.05) is 0 Å². The molecule has 0 aliphatic carbocycles. The summed E-state index contributed by atoms with van der Waals surface area (Å²) in [5, 5.41) is 17.5. The lowest BCUT2D eigenvalue weighted by atomic mass is 10.1. The van der Waals surface area contributed by atoms with Gasteiger partial charge in [-0.15, -0.1) is 0 Å². The Balaban J connectivity index is 3.53. The highest BCUT2D eigenvalue weighted by Crippen LogP contribution is 2.38. The van der Waals surface area contributed by atoms with Crippen molar-refractivity contribution in [3.05, 3.63) is 35.1 Å². The lowest BCUT2D eigenvalue weighted by molar-refractivity contribution is -0.132. The number of aliphatic carboxylic acids is 1. The van der Waals surface area contributed by atoms with Crippen molar-refractivity contribution >= 4 is 75.8 Å².